The predicted octanol–water partition coefficient (Wildman–Crippen LogP) is 1.97. The van der Waals surface area contributed by atoms with E-state index in [1.54, 1.807) is 17.5 Å². The van der Waals surface area contributed by atoms with Crippen molar-refractivity contribution in [1.29, 1.82) is 0 Å². The summed E-state index contributed by atoms with van der Waals surface area (Å²) in [4.78, 5) is 24.4. The molecule has 0 radical (unpaired) electrons. The summed E-state index contributed by atoms with van der Waals surface area (Å²) >= 11 is 1.18. The fourth-order valence-corrected chi connectivity index (χ4v) is 5.91. The first-order chi connectivity index (χ1) is 14.0. The number of nitrogens with one attached hydrogen (secondary N) is 2. The van der Waals surface area contributed by atoms with E-state index in [1.807, 2.05) is 30.3 Å². The Kier molecular flexibility index (Phi) is 7.40. The van der Waals surface area contributed by atoms with Gasteiger partial charge in [-0.05, 0) is 29.9 Å². The van der Waals surface area contributed by atoms with Gasteiger partial charge in [0.15, 0.2) is 0 Å². The molecule has 0 spiro atoms. The number of carbonyl (C=O) groups excluding carboxylic acids is 2. The summed E-state index contributed by atoms with van der Waals surface area (Å²) < 4.78 is 27.0. The Morgan fingerprint density at radius 2 is 1.90 bits per heavy atom. The molecule has 1 aromatic heterocycles. The summed E-state index contributed by atoms with van der Waals surface area (Å²) in [5.41, 5.74) is 1.01. The Hall–Kier alpha value is -2.23. The van der Waals surface area contributed by atoms with Crippen LogP contribution in [0.25, 0.3) is 0 Å². The van der Waals surface area contributed by atoms with Gasteiger partial charge >= 0.3 is 0 Å². The molecule has 0 aliphatic carbocycles. The highest BCUT2D eigenvalue weighted by Crippen LogP contribution is 2.26. The number of hydrogen-bond donors (Lipinski definition) is 2. The van der Waals surface area contributed by atoms with Crippen molar-refractivity contribution in [3.05, 3.63) is 53.4 Å². The molecule has 2 amide bonds. The van der Waals surface area contributed by atoms with E-state index in [4.69, 9.17) is 0 Å². The normalized spacial score (nSPS) is 17.6. The van der Waals surface area contributed by atoms with E-state index < -0.39 is 15.9 Å². The lowest BCUT2D eigenvalue weighted by molar-refractivity contribution is -0.126. The molecule has 29 heavy (non-hydrogen) atoms. The fraction of sp³-hybridized carbons (Fsp3) is 0.400. The fourth-order valence-electron chi connectivity index (χ4n) is 3.24. The minimum absolute atomic E-state index is 0.139. The number of piperidine rings is 1. The highest BCUT2D eigenvalue weighted by Gasteiger charge is 2.33. The first kappa shape index (κ1) is 21.5. The number of nitrogens with zero attached hydrogens (tertiary/aromatic N) is 1. The molecule has 0 saturated carbocycles. The molecule has 1 unspecified atom stereocenters. The lowest BCUT2D eigenvalue weighted by Gasteiger charge is -2.30. The van der Waals surface area contributed by atoms with E-state index in [1.165, 1.54) is 15.6 Å². The van der Waals surface area contributed by atoms with Gasteiger partial charge in [0, 0.05) is 32.6 Å². The highest BCUT2D eigenvalue weighted by atomic mass is 32.2. The van der Waals surface area contributed by atoms with Gasteiger partial charge < -0.3 is 10.6 Å². The molecule has 1 atom stereocenters. The van der Waals surface area contributed by atoms with Gasteiger partial charge in [-0.2, -0.15) is 4.31 Å². The molecule has 1 fully saturated rings. The Balaban J connectivity index is 1.42. The molecule has 7 nitrogen and oxygen atoms in total. The topological polar surface area (TPSA) is 95.6 Å². The van der Waals surface area contributed by atoms with Gasteiger partial charge in [-0.1, -0.05) is 36.4 Å². The number of sulfonamides is 1. The monoisotopic (exact) mass is 435 g/mol. The van der Waals surface area contributed by atoms with Gasteiger partial charge in [0.1, 0.15) is 4.21 Å². The molecule has 3 rings (SSSR count). The Morgan fingerprint density at radius 1 is 1.10 bits per heavy atom. The number of amides is 2. The summed E-state index contributed by atoms with van der Waals surface area (Å²) in [6, 6.07) is 12.9. The minimum Gasteiger partial charge on any atom is -0.355 e. The van der Waals surface area contributed by atoms with Crippen molar-refractivity contribution in [3.63, 3.8) is 0 Å². The van der Waals surface area contributed by atoms with Gasteiger partial charge in [0.2, 0.25) is 11.8 Å². The van der Waals surface area contributed by atoms with Crippen LogP contribution in [0.2, 0.25) is 0 Å². The number of benzene rings is 1. The Morgan fingerprint density at radius 3 is 2.62 bits per heavy atom. The maximum absolute atomic E-state index is 12.7. The van der Waals surface area contributed by atoms with E-state index in [-0.39, 0.29) is 31.3 Å². The predicted molar refractivity (Wildman–Crippen MR) is 112 cm³/mol. The second-order valence-corrected chi connectivity index (χ2v) is 10.1. The maximum Gasteiger partial charge on any atom is 0.252 e. The lowest BCUT2D eigenvalue weighted by Crippen LogP contribution is -2.45. The van der Waals surface area contributed by atoms with Crippen molar-refractivity contribution in [2.45, 2.75) is 30.0 Å². The van der Waals surface area contributed by atoms with Crippen LogP contribution >= 0.6 is 11.3 Å². The average Bonchev–Trinajstić information content (AvgIpc) is 3.29. The van der Waals surface area contributed by atoms with Crippen molar-refractivity contribution in [1.82, 2.24) is 14.9 Å². The molecule has 2 aromatic rings. The standard InChI is InChI=1S/C20H25N3O4S2/c24-18(22-14-16-6-2-1-3-7-16)10-11-21-20(25)17-8-4-12-23(15-17)29(26,27)19-9-5-13-28-19/h1-3,5-7,9,13,17H,4,8,10-12,14-15H2,(H,21,25)(H,22,24). The summed E-state index contributed by atoms with van der Waals surface area (Å²) in [5.74, 6) is -0.738. The van der Waals surface area contributed by atoms with Crippen LogP contribution in [0.4, 0.5) is 0 Å². The van der Waals surface area contributed by atoms with E-state index in [2.05, 4.69) is 10.6 Å². The number of thiophene rings is 1. The minimum atomic E-state index is -3.55. The molecule has 1 aliphatic heterocycles. The largest absolute Gasteiger partial charge is 0.355 e. The third kappa shape index (κ3) is 5.88. The molecule has 2 N–H and O–H groups in total. The van der Waals surface area contributed by atoms with Crippen molar-refractivity contribution in [2.24, 2.45) is 5.92 Å². The van der Waals surface area contributed by atoms with Gasteiger partial charge in [-0.25, -0.2) is 8.42 Å². The number of hydrogen-bond acceptors (Lipinski definition) is 5. The van der Waals surface area contributed by atoms with Crippen molar-refractivity contribution in [2.75, 3.05) is 19.6 Å². The van der Waals surface area contributed by atoms with Crippen LogP contribution in [0, 0.1) is 5.92 Å². The van der Waals surface area contributed by atoms with Crippen LogP contribution in [0.1, 0.15) is 24.8 Å². The molecular weight excluding hydrogens is 410 g/mol. The van der Waals surface area contributed by atoms with Crippen LogP contribution in [0.3, 0.4) is 0 Å². The molecule has 1 saturated heterocycles. The zero-order valence-electron chi connectivity index (χ0n) is 16.0. The summed E-state index contributed by atoms with van der Waals surface area (Å²) in [7, 11) is -3.55. The number of rotatable bonds is 8. The smallest absolute Gasteiger partial charge is 0.252 e. The van der Waals surface area contributed by atoms with Gasteiger partial charge in [0.05, 0.1) is 5.92 Å². The molecule has 156 valence electrons. The zero-order chi connectivity index (χ0) is 20.7. The van der Waals surface area contributed by atoms with Crippen LogP contribution in [0.15, 0.2) is 52.1 Å². The zero-order valence-corrected chi connectivity index (χ0v) is 17.7. The first-order valence-corrected chi connectivity index (χ1v) is 11.9. The highest BCUT2D eigenvalue weighted by molar-refractivity contribution is 7.91. The maximum atomic E-state index is 12.7. The first-order valence-electron chi connectivity index (χ1n) is 9.59. The molecule has 1 aliphatic rings. The van der Waals surface area contributed by atoms with E-state index >= 15 is 0 Å². The second kappa shape index (κ2) is 10.00. The lowest BCUT2D eigenvalue weighted by atomic mass is 9.99. The van der Waals surface area contributed by atoms with Crippen molar-refractivity contribution < 1.29 is 18.0 Å². The van der Waals surface area contributed by atoms with Crippen molar-refractivity contribution in [3.8, 4) is 0 Å². The van der Waals surface area contributed by atoms with E-state index in [0.717, 1.165) is 5.56 Å². The average molecular weight is 436 g/mol. The molecule has 2 heterocycles. The Bertz CT molecular complexity index is 914. The van der Waals surface area contributed by atoms with E-state index in [0.29, 0.717) is 30.1 Å². The Labute approximate surface area is 175 Å². The van der Waals surface area contributed by atoms with Crippen LogP contribution in [-0.4, -0.2) is 44.2 Å². The third-order valence-electron chi connectivity index (χ3n) is 4.83. The molecule has 1 aromatic carbocycles. The quantitative estimate of drug-likeness (QED) is 0.663. The van der Waals surface area contributed by atoms with Crippen molar-refractivity contribution >= 4 is 33.2 Å². The van der Waals surface area contributed by atoms with Crippen LogP contribution in [-0.2, 0) is 26.2 Å². The van der Waals surface area contributed by atoms with Gasteiger partial charge in [-0.15, -0.1) is 11.3 Å². The third-order valence-corrected chi connectivity index (χ3v) is 8.07. The summed E-state index contributed by atoms with van der Waals surface area (Å²) in [5, 5.41) is 7.31. The molecule has 0 bridgehead atoms. The molecular formula is C20H25N3O4S2. The summed E-state index contributed by atoms with van der Waals surface area (Å²) in [6.45, 7) is 1.28. The van der Waals surface area contributed by atoms with Crippen LogP contribution in [0.5, 0.6) is 0 Å². The van der Waals surface area contributed by atoms with Gasteiger partial charge in [-0.3, -0.25) is 9.59 Å². The SMILES string of the molecule is O=C(CCNC(=O)C1CCCN(S(=O)(=O)c2cccs2)C1)NCc1ccccc1. The van der Waals surface area contributed by atoms with E-state index in [9.17, 15) is 18.0 Å². The van der Waals surface area contributed by atoms with Gasteiger partial charge in [0.25, 0.3) is 10.0 Å². The molecule has 9 heteroatoms. The summed E-state index contributed by atoms with van der Waals surface area (Å²) in [6.07, 6.45) is 1.46. The number of carbonyl (C=O) groups is 2. The van der Waals surface area contributed by atoms with Crippen LogP contribution < -0.4 is 10.6 Å². The second-order valence-electron chi connectivity index (χ2n) is 6.94.